The van der Waals surface area contributed by atoms with E-state index in [9.17, 15) is 4.79 Å². The molecule has 1 aliphatic heterocycles. The number of fused-ring (bicyclic) bond motifs is 1. The third-order valence-electron chi connectivity index (χ3n) is 3.53. The van der Waals surface area contributed by atoms with Crippen LogP contribution < -0.4 is 5.73 Å². The quantitative estimate of drug-likeness (QED) is 0.866. The van der Waals surface area contributed by atoms with Crippen LogP contribution >= 0.6 is 34.5 Å². The van der Waals surface area contributed by atoms with Crippen molar-refractivity contribution in [2.45, 2.75) is 18.9 Å². The number of hydrogen-bond acceptors (Lipinski definition) is 3. The van der Waals surface area contributed by atoms with E-state index in [0.29, 0.717) is 21.5 Å². The van der Waals surface area contributed by atoms with Crippen molar-refractivity contribution in [3.8, 4) is 0 Å². The smallest absolute Gasteiger partial charge is 0.265 e. The number of nitrogens with two attached hydrogens (primary N) is 1. The average Bonchev–Trinajstić information content (AvgIpc) is 2.74. The number of rotatable bonds is 1. The topological polar surface area (TPSA) is 46.3 Å². The molecular weight excluding hydrogens is 315 g/mol. The van der Waals surface area contributed by atoms with Crippen LogP contribution in [-0.2, 0) is 0 Å². The SMILES string of the molecule is NC1CCCN(C(=O)c2sc3cc(Cl)ccc3c2Cl)C1. The van der Waals surface area contributed by atoms with Crippen molar-refractivity contribution in [1.82, 2.24) is 4.90 Å². The average molecular weight is 329 g/mol. The second-order valence-electron chi connectivity index (χ2n) is 5.04. The maximum Gasteiger partial charge on any atom is 0.265 e. The number of benzene rings is 1. The molecule has 0 radical (unpaired) electrons. The standard InChI is InChI=1S/C14H14Cl2N2OS/c15-8-3-4-10-11(6-8)20-13(12(10)16)14(19)18-5-1-2-9(17)7-18/h3-4,6,9H,1-2,5,7,17H2. The van der Waals surface area contributed by atoms with Gasteiger partial charge < -0.3 is 10.6 Å². The molecule has 1 unspecified atom stereocenters. The molecule has 1 fully saturated rings. The Morgan fingerprint density at radius 3 is 2.95 bits per heavy atom. The normalized spacial score (nSPS) is 19.6. The maximum atomic E-state index is 12.6. The number of piperidine rings is 1. The number of carbonyl (C=O) groups is 1. The van der Waals surface area contributed by atoms with E-state index in [1.807, 2.05) is 12.1 Å². The van der Waals surface area contributed by atoms with Gasteiger partial charge in [-0.2, -0.15) is 0 Å². The van der Waals surface area contributed by atoms with Crippen LogP contribution in [0.5, 0.6) is 0 Å². The monoisotopic (exact) mass is 328 g/mol. The van der Waals surface area contributed by atoms with E-state index in [0.717, 1.165) is 29.5 Å². The molecule has 0 aliphatic carbocycles. The third-order valence-corrected chi connectivity index (χ3v) is 5.41. The zero-order valence-electron chi connectivity index (χ0n) is 10.7. The van der Waals surface area contributed by atoms with Gasteiger partial charge in [-0.15, -0.1) is 11.3 Å². The minimum Gasteiger partial charge on any atom is -0.336 e. The minimum atomic E-state index is -0.0255. The number of likely N-dealkylation sites (tertiary alicyclic amines) is 1. The van der Waals surface area contributed by atoms with Crippen LogP contribution in [0.1, 0.15) is 22.5 Å². The van der Waals surface area contributed by atoms with Crippen molar-refractivity contribution < 1.29 is 4.79 Å². The summed E-state index contributed by atoms with van der Waals surface area (Å²) in [6.45, 7) is 1.35. The lowest BCUT2D eigenvalue weighted by atomic mass is 10.1. The highest BCUT2D eigenvalue weighted by Crippen LogP contribution is 2.37. The lowest BCUT2D eigenvalue weighted by Gasteiger charge is -2.30. The van der Waals surface area contributed by atoms with Crippen LogP contribution in [0.2, 0.25) is 10.0 Å². The number of halogens is 2. The lowest BCUT2D eigenvalue weighted by Crippen LogP contribution is -2.45. The van der Waals surface area contributed by atoms with Gasteiger partial charge in [0.2, 0.25) is 0 Å². The molecule has 106 valence electrons. The van der Waals surface area contributed by atoms with Crippen LogP contribution in [0, 0.1) is 0 Å². The molecule has 2 heterocycles. The fourth-order valence-corrected chi connectivity index (χ4v) is 4.27. The summed E-state index contributed by atoms with van der Waals surface area (Å²) in [6.07, 6.45) is 1.92. The van der Waals surface area contributed by atoms with Gasteiger partial charge in [-0.25, -0.2) is 0 Å². The predicted octanol–water partition coefficient (Wildman–Crippen LogP) is 3.77. The van der Waals surface area contributed by atoms with E-state index in [-0.39, 0.29) is 11.9 Å². The zero-order valence-corrected chi connectivity index (χ0v) is 13.1. The minimum absolute atomic E-state index is 0.0255. The molecule has 1 aromatic heterocycles. The molecule has 3 rings (SSSR count). The Kier molecular flexibility index (Phi) is 3.91. The van der Waals surface area contributed by atoms with Crippen molar-refractivity contribution in [2.24, 2.45) is 5.73 Å². The Morgan fingerprint density at radius 1 is 1.40 bits per heavy atom. The molecule has 6 heteroatoms. The number of nitrogens with zero attached hydrogens (tertiary/aromatic N) is 1. The molecule has 20 heavy (non-hydrogen) atoms. The Bertz CT molecular complexity index is 670. The van der Waals surface area contributed by atoms with Gasteiger partial charge in [0, 0.05) is 34.2 Å². The van der Waals surface area contributed by atoms with E-state index in [1.54, 1.807) is 11.0 Å². The number of amides is 1. The molecular formula is C14H14Cl2N2OS. The predicted molar refractivity (Wildman–Crippen MR) is 85.0 cm³/mol. The summed E-state index contributed by atoms with van der Waals surface area (Å²) < 4.78 is 0.937. The van der Waals surface area contributed by atoms with Gasteiger partial charge in [-0.3, -0.25) is 4.79 Å². The van der Waals surface area contributed by atoms with Crippen LogP contribution in [-0.4, -0.2) is 29.9 Å². The first-order chi connectivity index (χ1) is 9.56. The van der Waals surface area contributed by atoms with Crippen LogP contribution in [0.4, 0.5) is 0 Å². The molecule has 2 aromatic rings. The Labute approximate surface area is 131 Å². The van der Waals surface area contributed by atoms with Gasteiger partial charge in [-0.05, 0) is 25.0 Å². The maximum absolute atomic E-state index is 12.6. The summed E-state index contributed by atoms with van der Waals surface area (Å²) in [7, 11) is 0. The van der Waals surface area contributed by atoms with E-state index < -0.39 is 0 Å². The Hall–Kier alpha value is -0.810. The van der Waals surface area contributed by atoms with Gasteiger partial charge in [0.25, 0.3) is 5.91 Å². The first-order valence-corrected chi connectivity index (χ1v) is 8.06. The van der Waals surface area contributed by atoms with Gasteiger partial charge in [0.05, 0.1) is 5.02 Å². The largest absolute Gasteiger partial charge is 0.336 e. The van der Waals surface area contributed by atoms with E-state index >= 15 is 0 Å². The van der Waals surface area contributed by atoms with Gasteiger partial charge in [0.1, 0.15) is 4.88 Å². The summed E-state index contributed by atoms with van der Waals surface area (Å²) in [4.78, 5) is 15.0. The summed E-state index contributed by atoms with van der Waals surface area (Å²) in [5, 5.41) is 2.05. The van der Waals surface area contributed by atoms with Crippen molar-refractivity contribution in [1.29, 1.82) is 0 Å². The highest BCUT2D eigenvalue weighted by Gasteiger charge is 2.26. The van der Waals surface area contributed by atoms with Crippen molar-refractivity contribution in [3.63, 3.8) is 0 Å². The lowest BCUT2D eigenvalue weighted by molar-refractivity contribution is 0.0714. The number of thiophene rings is 1. The summed E-state index contributed by atoms with van der Waals surface area (Å²) >= 11 is 13.7. The second kappa shape index (κ2) is 5.53. The van der Waals surface area contributed by atoms with Crippen LogP contribution in [0.15, 0.2) is 18.2 Å². The Balaban J connectivity index is 1.97. The Morgan fingerprint density at radius 2 is 2.20 bits per heavy atom. The molecule has 0 spiro atoms. The zero-order chi connectivity index (χ0) is 14.3. The van der Waals surface area contributed by atoms with E-state index in [4.69, 9.17) is 28.9 Å². The van der Waals surface area contributed by atoms with Gasteiger partial charge >= 0.3 is 0 Å². The van der Waals surface area contributed by atoms with Crippen molar-refractivity contribution in [3.05, 3.63) is 33.1 Å². The molecule has 1 aromatic carbocycles. The number of carbonyl (C=O) groups excluding carboxylic acids is 1. The van der Waals surface area contributed by atoms with Gasteiger partial charge in [-0.1, -0.05) is 29.3 Å². The van der Waals surface area contributed by atoms with Crippen LogP contribution in [0.25, 0.3) is 10.1 Å². The summed E-state index contributed by atoms with van der Waals surface area (Å²) in [5.74, 6) is -0.0255. The molecule has 1 aliphatic rings. The van der Waals surface area contributed by atoms with Crippen LogP contribution in [0.3, 0.4) is 0 Å². The highest BCUT2D eigenvalue weighted by molar-refractivity contribution is 7.21. The molecule has 0 bridgehead atoms. The molecule has 1 atom stereocenters. The first-order valence-electron chi connectivity index (χ1n) is 6.48. The highest BCUT2D eigenvalue weighted by atomic mass is 35.5. The molecule has 3 nitrogen and oxygen atoms in total. The molecule has 2 N–H and O–H groups in total. The van der Waals surface area contributed by atoms with E-state index in [2.05, 4.69) is 0 Å². The van der Waals surface area contributed by atoms with Crippen molar-refractivity contribution >= 4 is 50.5 Å². The molecule has 1 saturated heterocycles. The fourth-order valence-electron chi connectivity index (χ4n) is 2.51. The summed E-state index contributed by atoms with van der Waals surface area (Å²) in [6, 6.07) is 5.55. The van der Waals surface area contributed by atoms with Crippen molar-refractivity contribution in [2.75, 3.05) is 13.1 Å². The van der Waals surface area contributed by atoms with Gasteiger partial charge in [0.15, 0.2) is 0 Å². The molecule has 0 saturated carbocycles. The number of hydrogen-bond donors (Lipinski definition) is 1. The fraction of sp³-hybridized carbons (Fsp3) is 0.357. The first kappa shape index (κ1) is 14.1. The molecule has 1 amide bonds. The van der Waals surface area contributed by atoms with E-state index in [1.165, 1.54) is 11.3 Å². The third kappa shape index (κ3) is 2.53. The second-order valence-corrected chi connectivity index (χ2v) is 6.91. The summed E-state index contributed by atoms with van der Waals surface area (Å²) in [5.41, 5.74) is 5.93.